The van der Waals surface area contributed by atoms with E-state index < -0.39 is 5.60 Å². The minimum absolute atomic E-state index is 0.0535. The lowest BCUT2D eigenvalue weighted by molar-refractivity contribution is -0.170. The van der Waals surface area contributed by atoms with Crippen molar-refractivity contribution in [3.63, 3.8) is 0 Å². The van der Waals surface area contributed by atoms with Crippen LogP contribution in [-0.2, 0) is 9.63 Å². The molecule has 156 valence electrons. The number of nitrogens with two attached hydrogens (primary N) is 1. The molecule has 5 heteroatoms. The second kappa shape index (κ2) is 6.66. The standard InChI is InChI=1S/C23H36N2O3/c1-14-11-23(27)12-16(25-28-13-15(2)24)7-10-22(23,4)18-8-9-21(3)17(20(14)18)5-6-19(21)26/h15,17-18,20,27H,1,5-13,24H2,2-4H3/t15?,17-,18+,20-,21-,22+,23+/m0/s1. The fourth-order valence-corrected chi connectivity index (χ4v) is 7.07. The Morgan fingerprint density at radius 1 is 1.25 bits per heavy atom. The smallest absolute Gasteiger partial charge is 0.139 e. The number of hydrogen-bond acceptors (Lipinski definition) is 5. The van der Waals surface area contributed by atoms with Gasteiger partial charge in [0.2, 0.25) is 0 Å². The van der Waals surface area contributed by atoms with Gasteiger partial charge in [-0.05, 0) is 63.2 Å². The number of nitrogens with zero attached hydrogens (tertiary/aromatic N) is 1. The quantitative estimate of drug-likeness (QED) is 0.571. The molecule has 4 fully saturated rings. The minimum atomic E-state index is -0.823. The Hall–Kier alpha value is -1.20. The van der Waals surface area contributed by atoms with Gasteiger partial charge in [-0.15, -0.1) is 0 Å². The van der Waals surface area contributed by atoms with Gasteiger partial charge in [0.1, 0.15) is 12.4 Å². The molecule has 0 aromatic carbocycles. The molecule has 0 aromatic heterocycles. The molecule has 0 heterocycles. The average Bonchev–Trinajstić information content (AvgIpc) is 2.91. The molecule has 1 unspecified atom stereocenters. The van der Waals surface area contributed by atoms with Crippen molar-refractivity contribution in [2.24, 2.45) is 39.5 Å². The van der Waals surface area contributed by atoms with Crippen molar-refractivity contribution in [1.29, 1.82) is 0 Å². The highest BCUT2D eigenvalue weighted by Crippen LogP contribution is 2.67. The van der Waals surface area contributed by atoms with E-state index in [1.165, 1.54) is 0 Å². The summed E-state index contributed by atoms with van der Waals surface area (Å²) in [7, 11) is 0. The predicted octanol–water partition coefficient (Wildman–Crippen LogP) is 3.60. The monoisotopic (exact) mass is 388 g/mol. The van der Waals surface area contributed by atoms with E-state index >= 15 is 0 Å². The SMILES string of the molecule is C=C1C[C@@]2(O)CC(=NOCC(C)N)CC[C@]2(C)[C@@H]2CC[C@]3(C)C(=O)CC[C@H]3[C@H]12. The first-order chi connectivity index (χ1) is 13.1. The molecule has 5 nitrogen and oxygen atoms in total. The van der Waals surface area contributed by atoms with Crippen molar-refractivity contribution in [1.82, 2.24) is 0 Å². The zero-order chi connectivity index (χ0) is 20.3. The molecule has 3 N–H and O–H groups in total. The van der Waals surface area contributed by atoms with E-state index in [-0.39, 0.29) is 16.9 Å². The van der Waals surface area contributed by atoms with Crippen molar-refractivity contribution in [2.45, 2.75) is 83.8 Å². The second-order valence-electron chi connectivity index (χ2n) is 10.5. The fraction of sp³-hybridized carbons (Fsp3) is 0.826. The van der Waals surface area contributed by atoms with Gasteiger partial charge in [0.15, 0.2) is 0 Å². The summed E-state index contributed by atoms with van der Waals surface area (Å²) < 4.78 is 0. The van der Waals surface area contributed by atoms with Gasteiger partial charge in [0.25, 0.3) is 0 Å². The van der Waals surface area contributed by atoms with E-state index in [9.17, 15) is 9.90 Å². The van der Waals surface area contributed by atoms with Crippen LogP contribution >= 0.6 is 0 Å². The molecule has 0 radical (unpaired) electrons. The predicted molar refractivity (Wildman–Crippen MR) is 110 cm³/mol. The van der Waals surface area contributed by atoms with E-state index in [2.05, 4.69) is 25.6 Å². The number of carbonyl (C=O) groups excluding carboxylic acids is 1. The van der Waals surface area contributed by atoms with Crippen molar-refractivity contribution < 1.29 is 14.7 Å². The number of carbonyl (C=O) groups is 1. The average molecular weight is 389 g/mol. The molecule has 4 saturated carbocycles. The van der Waals surface area contributed by atoms with E-state index in [0.717, 1.165) is 43.4 Å². The largest absolute Gasteiger partial charge is 0.394 e. The number of oxime groups is 1. The summed E-state index contributed by atoms with van der Waals surface area (Å²) in [5.74, 6) is 1.61. The van der Waals surface area contributed by atoms with Gasteiger partial charge < -0.3 is 15.7 Å². The summed E-state index contributed by atoms with van der Waals surface area (Å²) in [4.78, 5) is 18.0. The van der Waals surface area contributed by atoms with Crippen LogP contribution in [0, 0.1) is 28.6 Å². The van der Waals surface area contributed by atoms with Gasteiger partial charge in [0, 0.05) is 29.7 Å². The third-order valence-electron chi connectivity index (χ3n) is 8.81. The summed E-state index contributed by atoms with van der Waals surface area (Å²) in [5, 5.41) is 16.1. The maximum atomic E-state index is 12.6. The second-order valence-corrected chi connectivity index (χ2v) is 10.5. The lowest BCUT2D eigenvalue weighted by Gasteiger charge is -2.63. The Bertz CT molecular complexity index is 717. The van der Waals surface area contributed by atoms with Gasteiger partial charge >= 0.3 is 0 Å². The molecule has 0 aliphatic heterocycles. The Kier molecular flexibility index (Phi) is 4.78. The van der Waals surface area contributed by atoms with Crippen LogP contribution < -0.4 is 5.73 Å². The zero-order valence-corrected chi connectivity index (χ0v) is 17.7. The molecule has 0 bridgehead atoms. The lowest BCUT2D eigenvalue weighted by atomic mass is 9.43. The van der Waals surface area contributed by atoms with Crippen LogP contribution in [-0.4, -0.2) is 34.9 Å². The van der Waals surface area contributed by atoms with Crippen LogP contribution in [0.4, 0.5) is 0 Å². The molecule has 7 atom stereocenters. The molecule has 0 spiro atoms. The first-order valence-electron chi connectivity index (χ1n) is 11.0. The summed E-state index contributed by atoms with van der Waals surface area (Å²) in [5.41, 5.74) is 6.66. The van der Waals surface area contributed by atoms with Gasteiger partial charge in [-0.2, -0.15) is 0 Å². The van der Waals surface area contributed by atoms with Crippen molar-refractivity contribution in [2.75, 3.05) is 6.61 Å². The van der Waals surface area contributed by atoms with Crippen LogP contribution in [0.5, 0.6) is 0 Å². The maximum absolute atomic E-state index is 12.6. The van der Waals surface area contributed by atoms with E-state index in [0.29, 0.717) is 49.4 Å². The van der Waals surface area contributed by atoms with Crippen LogP contribution in [0.2, 0.25) is 0 Å². The Balaban J connectivity index is 1.60. The van der Waals surface area contributed by atoms with Crippen molar-refractivity contribution >= 4 is 11.5 Å². The Labute approximate surface area is 168 Å². The number of aliphatic hydroxyl groups is 1. The van der Waals surface area contributed by atoms with Crippen LogP contribution in [0.1, 0.15) is 72.1 Å². The van der Waals surface area contributed by atoms with Crippen LogP contribution in [0.25, 0.3) is 0 Å². The molecule has 4 aliphatic rings. The first-order valence-corrected chi connectivity index (χ1v) is 11.0. The van der Waals surface area contributed by atoms with E-state index in [1.54, 1.807) is 0 Å². The molecule has 0 amide bonds. The summed E-state index contributed by atoms with van der Waals surface area (Å²) in [6, 6.07) is -0.0535. The summed E-state index contributed by atoms with van der Waals surface area (Å²) >= 11 is 0. The molecular formula is C23H36N2O3. The lowest BCUT2D eigenvalue weighted by Crippen LogP contribution is -2.63. The molecular weight excluding hydrogens is 352 g/mol. The molecule has 4 rings (SSSR count). The van der Waals surface area contributed by atoms with Crippen molar-refractivity contribution in [3.05, 3.63) is 12.2 Å². The van der Waals surface area contributed by atoms with Crippen LogP contribution in [0.3, 0.4) is 0 Å². The third-order valence-corrected chi connectivity index (χ3v) is 8.81. The normalized spacial score (nSPS) is 48.0. The highest BCUT2D eigenvalue weighted by molar-refractivity contribution is 5.87. The Morgan fingerprint density at radius 3 is 2.71 bits per heavy atom. The van der Waals surface area contributed by atoms with E-state index in [4.69, 9.17) is 10.6 Å². The number of fused-ring (bicyclic) bond motifs is 5. The number of ketones is 1. The van der Waals surface area contributed by atoms with Gasteiger partial charge in [-0.25, -0.2) is 0 Å². The first kappa shape index (κ1) is 20.1. The maximum Gasteiger partial charge on any atom is 0.139 e. The summed E-state index contributed by atoms with van der Waals surface area (Å²) in [6.45, 7) is 11.2. The number of hydrogen-bond donors (Lipinski definition) is 2. The molecule has 0 saturated heterocycles. The number of Topliss-reactive ketones (excluding diaryl/α,β-unsaturated/α-hetero) is 1. The van der Waals surface area contributed by atoms with Crippen LogP contribution in [0.15, 0.2) is 17.3 Å². The molecule has 28 heavy (non-hydrogen) atoms. The zero-order valence-electron chi connectivity index (χ0n) is 17.7. The van der Waals surface area contributed by atoms with Gasteiger partial charge in [-0.3, -0.25) is 4.79 Å². The minimum Gasteiger partial charge on any atom is -0.394 e. The fourth-order valence-electron chi connectivity index (χ4n) is 7.07. The van der Waals surface area contributed by atoms with Gasteiger partial charge in [0.05, 0.1) is 11.3 Å². The van der Waals surface area contributed by atoms with Gasteiger partial charge in [-0.1, -0.05) is 31.2 Å². The highest BCUT2D eigenvalue weighted by Gasteiger charge is 2.65. The topological polar surface area (TPSA) is 84.9 Å². The number of rotatable bonds is 3. The Morgan fingerprint density at radius 2 is 2.00 bits per heavy atom. The molecule has 0 aromatic rings. The van der Waals surface area contributed by atoms with Crippen molar-refractivity contribution in [3.8, 4) is 0 Å². The van der Waals surface area contributed by atoms with E-state index in [1.807, 2.05) is 6.92 Å². The summed E-state index contributed by atoms with van der Waals surface area (Å²) in [6.07, 6.45) is 6.59. The third kappa shape index (κ3) is 2.80. The highest BCUT2D eigenvalue weighted by atomic mass is 16.6. The molecule has 4 aliphatic carbocycles.